The Morgan fingerprint density at radius 2 is 1.61 bits per heavy atom. The Labute approximate surface area is 186 Å². The zero-order valence-electron chi connectivity index (χ0n) is 19.1. The Morgan fingerprint density at radius 1 is 1.00 bits per heavy atom. The van der Waals surface area contributed by atoms with Gasteiger partial charge in [-0.05, 0) is 61.8 Å². The molecule has 1 N–H and O–H groups in total. The maximum atomic E-state index is 14.4. The first-order chi connectivity index (χ1) is 15.0. The van der Waals surface area contributed by atoms with E-state index in [4.69, 9.17) is 0 Å². The molecule has 1 aliphatic heterocycles. The number of carbonyl (C=O) groups excluding carboxylic acids is 1. The maximum absolute atomic E-state index is 14.4. The average Bonchev–Trinajstić information content (AvgIpc) is 3.32. The van der Waals surface area contributed by atoms with Crippen LogP contribution >= 0.6 is 0 Å². The summed E-state index contributed by atoms with van der Waals surface area (Å²) in [6, 6.07) is 3.11. The van der Waals surface area contributed by atoms with Gasteiger partial charge in [0.25, 0.3) is 0 Å². The maximum Gasteiger partial charge on any atom is 0.227 e. The van der Waals surface area contributed by atoms with Crippen LogP contribution in [0.25, 0.3) is 0 Å². The first-order valence-corrected chi connectivity index (χ1v) is 12.3. The highest BCUT2D eigenvalue weighted by atomic mass is 19.1. The molecule has 1 aromatic carbocycles. The summed E-state index contributed by atoms with van der Waals surface area (Å²) in [5.74, 6) is 0.527. The van der Waals surface area contributed by atoms with E-state index in [1.54, 1.807) is 6.07 Å². The number of carbonyl (C=O) groups is 1. The number of amides is 1. The molecule has 4 nitrogen and oxygen atoms in total. The standard InChI is InChI=1S/C26H38FN3O/c1-19-23(16-24(27)17-25(19)28-26(31)22-10-4-3-5-11-22)18-29-12-14-30(15-13-29)20(2)21-8-6-7-9-21/h16-17,21-22H,2-15,18H2,1H3,(H,28,31). The lowest BCUT2D eigenvalue weighted by atomic mass is 9.88. The molecule has 1 amide bonds. The molecule has 31 heavy (non-hydrogen) atoms. The van der Waals surface area contributed by atoms with E-state index in [9.17, 15) is 9.18 Å². The molecule has 0 spiro atoms. The third kappa shape index (κ3) is 5.49. The lowest BCUT2D eigenvalue weighted by Gasteiger charge is -2.39. The van der Waals surface area contributed by atoms with Crippen molar-refractivity contribution in [2.75, 3.05) is 31.5 Å². The zero-order valence-corrected chi connectivity index (χ0v) is 19.1. The Hall–Kier alpha value is -1.88. The highest BCUT2D eigenvalue weighted by Crippen LogP contribution is 2.33. The average molecular weight is 428 g/mol. The van der Waals surface area contributed by atoms with E-state index in [0.717, 1.165) is 69.5 Å². The normalized spacial score (nSPS) is 21.4. The molecule has 2 aliphatic carbocycles. The second kappa shape index (κ2) is 10.2. The molecular formula is C26H38FN3O. The Bertz CT molecular complexity index is 788. The van der Waals surface area contributed by atoms with Crippen molar-refractivity contribution < 1.29 is 9.18 Å². The number of anilines is 1. The molecule has 5 heteroatoms. The summed E-state index contributed by atoms with van der Waals surface area (Å²) < 4.78 is 14.4. The first kappa shape index (κ1) is 22.3. The van der Waals surface area contributed by atoms with E-state index in [-0.39, 0.29) is 17.6 Å². The molecule has 1 heterocycles. The quantitative estimate of drug-likeness (QED) is 0.653. The Kier molecular flexibility index (Phi) is 7.31. The van der Waals surface area contributed by atoms with Crippen molar-refractivity contribution in [3.8, 4) is 0 Å². The van der Waals surface area contributed by atoms with Crippen LogP contribution in [0.3, 0.4) is 0 Å². The minimum atomic E-state index is -0.271. The lowest BCUT2D eigenvalue weighted by molar-refractivity contribution is -0.120. The van der Waals surface area contributed by atoms with Crippen LogP contribution in [0.5, 0.6) is 0 Å². The van der Waals surface area contributed by atoms with E-state index >= 15 is 0 Å². The van der Waals surface area contributed by atoms with Gasteiger partial charge in [0, 0.05) is 50.0 Å². The monoisotopic (exact) mass is 427 g/mol. The number of nitrogens with one attached hydrogen (secondary N) is 1. The summed E-state index contributed by atoms with van der Waals surface area (Å²) in [4.78, 5) is 17.5. The van der Waals surface area contributed by atoms with E-state index in [1.807, 2.05) is 6.92 Å². The fraction of sp³-hybridized carbons (Fsp3) is 0.654. The number of hydrogen-bond donors (Lipinski definition) is 1. The fourth-order valence-corrected chi connectivity index (χ4v) is 5.58. The van der Waals surface area contributed by atoms with Crippen molar-refractivity contribution in [1.29, 1.82) is 0 Å². The number of allylic oxidation sites excluding steroid dienone is 1. The minimum Gasteiger partial charge on any atom is -0.372 e. The number of hydrogen-bond acceptors (Lipinski definition) is 3. The third-order valence-electron chi connectivity index (χ3n) is 7.71. The van der Waals surface area contributed by atoms with Gasteiger partial charge in [0.1, 0.15) is 5.82 Å². The van der Waals surface area contributed by atoms with Crippen LogP contribution < -0.4 is 5.32 Å². The smallest absolute Gasteiger partial charge is 0.227 e. The van der Waals surface area contributed by atoms with Crippen molar-refractivity contribution in [2.45, 2.75) is 71.3 Å². The number of halogens is 1. The lowest BCUT2D eigenvalue weighted by Crippen LogP contribution is -2.46. The molecule has 0 aromatic heterocycles. The molecule has 3 fully saturated rings. The highest BCUT2D eigenvalue weighted by Gasteiger charge is 2.26. The second-order valence-corrected chi connectivity index (χ2v) is 9.80. The fourth-order valence-electron chi connectivity index (χ4n) is 5.58. The summed E-state index contributed by atoms with van der Waals surface area (Å²) >= 11 is 0. The van der Waals surface area contributed by atoms with Crippen LogP contribution in [0.2, 0.25) is 0 Å². The van der Waals surface area contributed by atoms with Crippen LogP contribution in [0, 0.1) is 24.6 Å². The zero-order chi connectivity index (χ0) is 21.8. The Balaban J connectivity index is 1.35. The topological polar surface area (TPSA) is 35.6 Å². The van der Waals surface area contributed by atoms with Crippen LogP contribution in [0.1, 0.15) is 68.9 Å². The third-order valence-corrected chi connectivity index (χ3v) is 7.71. The van der Waals surface area contributed by atoms with Gasteiger partial charge in [-0.15, -0.1) is 0 Å². The van der Waals surface area contributed by atoms with Gasteiger partial charge in [0.05, 0.1) is 0 Å². The van der Waals surface area contributed by atoms with E-state index in [1.165, 1.54) is 43.9 Å². The summed E-state index contributed by atoms with van der Waals surface area (Å²) in [7, 11) is 0. The largest absolute Gasteiger partial charge is 0.372 e. The molecule has 1 saturated heterocycles. The molecule has 4 rings (SSSR count). The van der Waals surface area contributed by atoms with Crippen LogP contribution in [-0.4, -0.2) is 41.9 Å². The molecule has 1 aromatic rings. The number of piperazine rings is 1. The predicted molar refractivity (Wildman–Crippen MR) is 124 cm³/mol. The number of rotatable bonds is 6. The van der Waals surface area contributed by atoms with Crippen LogP contribution in [0.4, 0.5) is 10.1 Å². The molecule has 170 valence electrons. The summed E-state index contributed by atoms with van der Waals surface area (Å²) in [6.07, 6.45) is 10.6. The Morgan fingerprint density at radius 3 is 2.29 bits per heavy atom. The minimum absolute atomic E-state index is 0.0541. The molecular weight excluding hydrogens is 389 g/mol. The van der Waals surface area contributed by atoms with Gasteiger partial charge in [0.15, 0.2) is 0 Å². The second-order valence-electron chi connectivity index (χ2n) is 9.80. The molecule has 0 atom stereocenters. The van der Waals surface area contributed by atoms with Gasteiger partial charge in [-0.3, -0.25) is 9.69 Å². The van der Waals surface area contributed by atoms with Crippen LogP contribution in [-0.2, 0) is 11.3 Å². The van der Waals surface area contributed by atoms with E-state index in [2.05, 4.69) is 21.7 Å². The molecule has 0 bridgehead atoms. The predicted octanol–water partition coefficient (Wildman–Crippen LogP) is 5.47. The SMILES string of the molecule is C=C(C1CCCC1)N1CCN(Cc2cc(F)cc(NC(=O)C3CCCCC3)c2C)CC1. The van der Waals surface area contributed by atoms with Gasteiger partial charge in [0.2, 0.25) is 5.91 Å². The van der Waals surface area contributed by atoms with E-state index in [0.29, 0.717) is 11.6 Å². The summed E-state index contributed by atoms with van der Waals surface area (Å²) in [5, 5.41) is 3.03. The van der Waals surface area contributed by atoms with E-state index < -0.39 is 0 Å². The van der Waals surface area contributed by atoms with Gasteiger partial charge >= 0.3 is 0 Å². The molecule has 0 radical (unpaired) electrons. The summed E-state index contributed by atoms with van der Waals surface area (Å²) in [6.45, 7) is 11.0. The van der Waals surface area contributed by atoms with Crippen LogP contribution in [0.15, 0.2) is 24.4 Å². The number of benzene rings is 1. The van der Waals surface area contributed by atoms with Gasteiger partial charge < -0.3 is 10.2 Å². The first-order valence-electron chi connectivity index (χ1n) is 12.3. The van der Waals surface area contributed by atoms with Crippen molar-refractivity contribution in [1.82, 2.24) is 9.80 Å². The molecule has 2 saturated carbocycles. The van der Waals surface area contributed by atoms with Crippen molar-refractivity contribution in [3.05, 3.63) is 41.4 Å². The molecule has 0 unspecified atom stereocenters. The van der Waals surface area contributed by atoms with Crippen molar-refractivity contribution in [3.63, 3.8) is 0 Å². The van der Waals surface area contributed by atoms with Crippen molar-refractivity contribution in [2.24, 2.45) is 11.8 Å². The number of nitrogens with zero attached hydrogens (tertiary/aromatic N) is 2. The van der Waals surface area contributed by atoms with Gasteiger partial charge in [-0.25, -0.2) is 4.39 Å². The van der Waals surface area contributed by atoms with Gasteiger partial charge in [-0.2, -0.15) is 0 Å². The van der Waals surface area contributed by atoms with Gasteiger partial charge in [-0.1, -0.05) is 38.7 Å². The molecule has 3 aliphatic rings. The van der Waals surface area contributed by atoms with Crippen molar-refractivity contribution >= 4 is 11.6 Å². The summed E-state index contributed by atoms with van der Waals surface area (Å²) in [5.41, 5.74) is 3.93. The highest BCUT2D eigenvalue weighted by molar-refractivity contribution is 5.93.